The van der Waals surface area contributed by atoms with Gasteiger partial charge in [0, 0.05) is 17.3 Å². The molecule has 0 bridgehead atoms. The number of esters is 1. The van der Waals surface area contributed by atoms with E-state index in [1.807, 2.05) is 0 Å². The number of aliphatic carboxylic acids is 1. The Kier molecular flexibility index (Phi) is 5.53. The topological polar surface area (TPSA) is 76.0 Å². The van der Waals surface area contributed by atoms with E-state index >= 15 is 0 Å². The van der Waals surface area contributed by atoms with Gasteiger partial charge in [-0.2, -0.15) is 13.2 Å². The van der Waals surface area contributed by atoms with E-state index in [0.717, 1.165) is 12.1 Å². The van der Waals surface area contributed by atoms with Gasteiger partial charge in [0.2, 0.25) is 0 Å². The lowest BCUT2D eigenvalue weighted by molar-refractivity contribution is -0.141. The van der Waals surface area contributed by atoms with Gasteiger partial charge in [-0.05, 0) is 32.4 Å². The number of hydrogen-bond donors (Lipinski definition) is 1. The third-order valence-corrected chi connectivity index (χ3v) is 4.16. The second kappa shape index (κ2) is 7.31. The molecular weight excluding hydrogens is 351 g/mol. The van der Waals surface area contributed by atoms with Crippen LogP contribution in [0.25, 0.3) is 0 Å². The predicted molar refractivity (Wildman–Crippen MR) is 87.8 cm³/mol. The molecule has 2 unspecified atom stereocenters. The highest BCUT2D eigenvalue weighted by molar-refractivity contribution is 6.06. The molecule has 1 aliphatic heterocycles. The van der Waals surface area contributed by atoms with Crippen LogP contribution < -0.4 is 0 Å². The summed E-state index contributed by atoms with van der Waals surface area (Å²) in [6, 6.07) is 4.33. The second-order valence-electron chi connectivity index (χ2n) is 5.89. The van der Waals surface area contributed by atoms with E-state index in [0.29, 0.717) is 0 Å². The SMILES string of the molecule is CCOC(=O)C1=C(C)N=C(C)C(C(=O)O)C1c1cccc(C(F)(F)F)c1. The molecule has 8 heteroatoms. The van der Waals surface area contributed by atoms with Gasteiger partial charge in [-0.25, -0.2) is 4.79 Å². The average Bonchev–Trinajstić information content (AvgIpc) is 2.53. The lowest BCUT2D eigenvalue weighted by atomic mass is 9.75. The highest BCUT2D eigenvalue weighted by atomic mass is 19.4. The molecule has 0 aliphatic carbocycles. The van der Waals surface area contributed by atoms with Crippen LogP contribution in [0.3, 0.4) is 0 Å². The summed E-state index contributed by atoms with van der Waals surface area (Å²) in [5.41, 5.74) is -0.431. The van der Waals surface area contributed by atoms with Crippen molar-refractivity contribution in [2.75, 3.05) is 6.61 Å². The summed E-state index contributed by atoms with van der Waals surface area (Å²) in [6.45, 7) is 4.61. The van der Waals surface area contributed by atoms with Crippen molar-refractivity contribution < 1.29 is 32.6 Å². The molecule has 0 radical (unpaired) electrons. The maximum absolute atomic E-state index is 13.1. The van der Waals surface area contributed by atoms with E-state index in [-0.39, 0.29) is 29.2 Å². The van der Waals surface area contributed by atoms with Crippen LogP contribution in [0.2, 0.25) is 0 Å². The van der Waals surface area contributed by atoms with E-state index in [1.54, 1.807) is 6.92 Å². The standard InChI is InChI=1S/C18H18F3NO4/c1-4-26-17(25)14-10(3)22-9(2)13(16(23)24)15(14)11-6-5-7-12(8-11)18(19,20)21/h5-8,13,15H,4H2,1-3H3,(H,23,24). The zero-order chi connectivity index (χ0) is 19.6. The molecule has 2 atom stereocenters. The summed E-state index contributed by atoms with van der Waals surface area (Å²) in [7, 11) is 0. The number of rotatable bonds is 4. The number of hydrogen-bond acceptors (Lipinski definition) is 4. The van der Waals surface area contributed by atoms with E-state index in [1.165, 1.54) is 26.0 Å². The molecule has 140 valence electrons. The number of nitrogens with zero attached hydrogens (tertiary/aromatic N) is 1. The molecule has 26 heavy (non-hydrogen) atoms. The second-order valence-corrected chi connectivity index (χ2v) is 5.89. The highest BCUT2D eigenvalue weighted by Crippen LogP contribution is 2.41. The van der Waals surface area contributed by atoms with Crippen molar-refractivity contribution in [2.45, 2.75) is 32.9 Å². The van der Waals surface area contributed by atoms with Gasteiger partial charge in [-0.1, -0.05) is 18.2 Å². The Morgan fingerprint density at radius 3 is 2.46 bits per heavy atom. The largest absolute Gasteiger partial charge is 0.481 e. The lowest BCUT2D eigenvalue weighted by Gasteiger charge is -2.30. The molecule has 1 aromatic carbocycles. The molecule has 0 fully saturated rings. The number of carboxylic acid groups (broad SMARTS) is 1. The first kappa shape index (κ1) is 19.7. The van der Waals surface area contributed by atoms with Crippen LogP contribution >= 0.6 is 0 Å². The zero-order valence-corrected chi connectivity index (χ0v) is 14.4. The van der Waals surface area contributed by atoms with Gasteiger partial charge in [0.15, 0.2) is 0 Å². The lowest BCUT2D eigenvalue weighted by Crippen LogP contribution is -2.35. The van der Waals surface area contributed by atoms with Gasteiger partial charge in [0.1, 0.15) is 5.92 Å². The van der Waals surface area contributed by atoms with E-state index < -0.39 is 35.5 Å². The molecule has 0 aromatic heterocycles. The number of aliphatic imine (C=N–C) groups is 1. The Labute approximate surface area is 148 Å². The van der Waals surface area contributed by atoms with Gasteiger partial charge in [-0.15, -0.1) is 0 Å². The molecule has 1 aromatic rings. The van der Waals surface area contributed by atoms with Crippen molar-refractivity contribution in [2.24, 2.45) is 10.9 Å². The first-order valence-electron chi connectivity index (χ1n) is 7.91. The molecule has 0 saturated heterocycles. The van der Waals surface area contributed by atoms with Crippen molar-refractivity contribution in [3.63, 3.8) is 0 Å². The number of carboxylic acids is 1. The van der Waals surface area contributed by atoms with Crippen molar-refractivity contribution in [1.29, 1.82) is 0 Å². The van der Waals surface area contributed by atoms with Gasteiger partial charge in [0.05, 0.1) is 17.7 Å². The minimum atomic E-state index is -4.59. The van der Waals surface area contributed by atoms with Crippen LogP contribution in [-0.4, -0.2) is 29.4 Å². The van der Waals surface area contributed by atoms with Crippen LogP contribution in [0.1, 0.15) is 37.8 Å². The number of carbonyl (C=O) groups is 2. The summed E-state index contributed by atoms with van der Waals surface area (Å²) in [6.07, 6.45) is -4.59. The minimum absolute atomic E-state index is 0.0378. The fourth-order valence-corrected chi connectivity index (χ4v) is 3.10. The average molecular weight is 369 g/mol. The Bertz CT molecular complexity index is 796. The smallest absolute Gasteiger partial charge is 0.416 e. The number of allylic oxidation sites excluding steroid dienone is 1. The zero-order valence-electron chi connectivity index (χ0n) is 14.4. The van der Waals surface area contributed by atoms with Crippen LogP contribution in [0, 0.1) is 5.92 Å². The third-order valence-electron chi connectivity index (χ3n) is 4.16. The summed E-state index contributed by atoms with van der Waals surface area (Å²) >= 11 is 0. The maximum Gasteiger partial charge on any atom is 0.416 e. The predicted octanol–water partition coefficient (Wildman–Crippen LogP) is 3.80. The number of alkyl halides is 3. The molecule has 1 aliphatic rings. The first-order valence-corrected chi connectivity index (χ1v) is 7.91. The number of halogens is 3. The van der Waals surface area contributed by atoms with Crippen LogP contribution in [0.15, 0.2) is 40.5 Å². The van der Waals surface area contributed by atoms with E-state index in [9.17, 15) is 27.9 Å². The number of carbonyl (C=O) groups excluding carboxylic acids is 1. The van der Waals surface area contributed by atoms with Crippen LogP contribution in [0.4, 0.5) is 13.2 Å². The summed E-state index contributed by atoms with van der Waals surface area (Å²) < 4.78 is 44.2. The molecule has 1 N–H and O–H groups in total. The van der Waals surface area contributed by atoms with Gasteiger partial charge < -0.3 is 9.84 Å². The highest BCUT2D eigenvalue weighted by Gasteiger charge is 2.42. The molecule has 2 rings (SSSR count). The molecule has 0 saturated carbocycles. The van der Waals surface area contributed by atoms with Crippen molar-refractivity contribution >= 4 is 17.7 Å². The van der Waals surface area contributed by atoms with Crippen molar-refractivity contribution in [3.8, 4) is 0 Å². The summed E-state index contributed by atoms with van der Waals surface area (Å²) in [4.78, 5) is 28.3. The Morgan fingerprint density at radius 2 is 1.92 bits per heavy atom. The summed E-state index contributed by atoms with van der Waals surface area (Å²) in [5, 5.41) is 9.61. The van der Waals surface area contributed by atoms with Crippen molar-refractivity contribution in [3.05, 3.63) is 46.7 Å². The third kappa shape index (κ3) is 3.79. The van der Waals surface area contributed by atoms with Crippen LogP contribution in [-0.2, 0) is 20.5 Å². The van der Waals surface area contributed by atoms with Gasteiger partial charge in [0.25, 0.3) is 0 Å². The Morgan fingerprint density at radius 1 is 1.27 bits per heavy atom. The van der Waals surface area contributed by atoms with Crippen LogP contribution in [0.5, 0.6) is 0 Å². The van der Waals surface area contributed by atoms with E-state index in [2.05, 4.69) is 4.99 Å². The van der Waals surface area contributed by atoms with Crippen molar-refractivity contribution in [1.82, 2.24) is 0 Å². The molecule has 5 nitrogen and oxygen atoms in total. The number of ether oxygens (including phenoxy) is 1. The normalized spacial score (nSPS) is 20.6. The molecule has 0 spiro atoms. The van der Waals surface area contributed by atoms with Gasteiger partial charge >= 0.3 is 18.1 Å². The van der Waals surface area contributed by atoms with Gasteiger partial charge in [-0.3, -0.25) is 9.79 Å². The minimum Gasteiger partial charge on any atom is -0.481 e. The molecular formula is C18H18F3NO4. The number of benzene rings is 1. The quantitative estimate of drug-likeness (QED) is 0.819. The maximum atomic E-state index is 13.1. The molecule has 0 amide bonds. The Hall–Kier alpha value is -2.64. The fourth-order valence-electron chi connectivity index (χ4n) is 3.10. The first-order chi connectivity index (χ1) is 12.1. The molecule has 1 heterocycles. The summed E-state index contributed by atoms with van der Waals surface area (Å²) in [5.74, 6) is -4.44. The Balaban J connectivity index is 2.68. The van der Waals surface area contributed by atoms with E-state index in [4.69, 9.17) is 4.74 Å². The monoisotopic (exact) mass is 369 g/mol. The fraction of sp³-hybridized carbons (Fsp3) is 0.389.